The van der Waals surface area contributed by atoms with E-state index in [0.717, 1.165) is 52.0 Å². The molecule has 0 atom stereocenters. The van der Waals surface area contributed by atoms with Crippen molar-refractivity contribution in [2.75, 3.05) is 38.2 Å². The minimum atomic E-state index is -0.793. The van der Waals surface area contributed by atoms with Crippen molar-refractivity contribution in [3.05, 3.63) is 28.8 Å². The number of ether oxygens (including phenoxy) is 1. The van der Waals surface area contributed by atoms with Crippen LogP contribution < -0.4 is 10.6 Å². The van der Waals surface area contributed by atoms with E-state index in [2.05, 4.69) is 15.5 Å². The molecule has 8 heteroatoms. The van der Waals surface area contributed by atoms with E-state index < -0.39 is 11.8 Å². The lowest BCUT2D eigenvalue weighted by molar-refractivity contribution is -0.136. The molecule has 28 heavy (non-hydrogen) atoms. The molecule has 0 radical (unpaired) electrons. The third kappa shape index (κ3) is 5.44. The number of amides is 2. The summed E-state index contributed by atoms with van der Waals surface area (Å²) in [6.45, 7) is 4.21. The molecule has 2 N–H and O–H groups in total. The Balaban J connectivity index is 1.42. The molecule has 0 aliphatic carbocycles. The van der Waals surface area contributed by atoms with Gasteiger partial charge in [-0.2, -0.15) is 5.26 Å². The highest BCUT2D eigenvalue weighted by Gasteiger charge is 2.27. The fourth-order valence-corrected chi connectivity index (χ4v) is 3.96. The zero-order valence-corrected chi connectivity index (χ0v) is 16.5. The van der Waals surface area contributed by atoms with E-state index in [-0.39, 0.29) is 11.3 Å². The SMILES string of the molecule is N#Cc1ccc(Cl)cc1NC(=O)C(=O)NCC1CCN(C2CCOCC2)CC1. The average molecular weight is 405 g/mol. The van der Waals surface area contributed by atoms with Crippen LogP contribution in [0, 0.1) is 17.2 Å². The maximum absolute atomic E-state index is 12.1. The fraction of sp³-hybridized carbons (Fsp3) is 0.550. The predicted molar refractivity (Wildman–Crippen MR) is 106 cm³/mol. The lowest BCUT2D eigenvalue weighted by atomic mass is 9.94. The first-order valence-corrected chi connectivity index (χ1v) is 10.0. The Kier molecular flexibility index (Phi) is 7.26. The van der Waals surface area contributed by atoms with Crippen molar-refractivity contribution in [1.82, 2.24) is 10.2 Å². The smallest absolute Gasteiger partial charge is 0.313 e. The number of nitrogens with zero attached hydrogens (tertiary/aromatic N) is 2. The molecule has 0 spiro atoms. The second kappa shape index (κ2) is 9.87. The van der Waals surface area contributed by atoms with Gasteiger partial charge in [0.15, 0.2) is 0 Å². The normalized spacial score (nSPS) is 19.0. The van der Waals surface area contributed by atoms with Crippen LogP contribution in [-0.4, -0.2) is 55.6 Å². The van der Waals surface area contributed by atoms with Crippen molar-refractivity contribution in [3.63, 3.8) is 0 Å². The number of carbonyl (C=O) groups is 2. The molecule has 0 unspecified atom stereocenters. The summed E-state index contributed by atoms with van der Waals surface area (Å²) >= 11 is 5.90. The number of benzene rings is 1. The molecule has 0 saturated carbocycles. The molecular formula is C20H25ClN4O3. The van der Waals surface area contributed by atoms with Gasteiger partial charge in [0.2, 0.25) is 0 Å². The van der Waals surface area contributed by atoms with Crippen LogP contribution in [0.2, 0.25) is 5.02 Å². The topological polar surface area (TPSA) is 94.5 Å². The highest BCUT2D eigenvalue weighted by atomic mass is 35.5. The summed E-state index contributed by atoms with van der Waals surface area (Å²) in [5.41, 5.74) is 0.492. The minimum absolute atomic E-state index is 0.236. The van der Waals surface area contributed by atoms with E-state index >= 15 is 0 Å². The summed E-state index contributed by atoms with van der Waals surface area (Å²) in [4.78, 5) is 26.8. The van der Waals surface area contributed by atoms with Crippen LogP contribution in [0.5, 0.6) is 0 Å². The van der Waals surface area contributed by atoms with Gasteiger partial charge in [-0.1, -0.05) is 11.6 Å². The number of nitrogens with one attached hydrogen (secondary N) is 2. The number of anilines is 1. The van der Waals surface area contributed by atoms with Crippen LogP contribution in [0.4, 0.5) is 5.69 Å². The van der Waals surface area contributed by atoms with Gasteiger partial charge in [0.1, 0.15) is 6.07 Å². The Labute approximate surface area is 170 Å². The summed E-state index contributed by atoms with van der Waals surface area (Å²) in [7, 11) is 0. The summed E-state index contributed by atoms with van der Waals surface area (Å²) in [5, 5.41) is 14.6. The molecule has 2 saturated heterocycles. The highest BCUT2D eigenvalue weighted by Crippen LogP contribution is 2.23. The number of rotatable bonds is 4. The largest absolute Gasteiger partial charge is 0.381 e. The number of nitriles is 1. The number of hydrogen-bond donors (Lipinski definition) is 2. The molecule has 2 aliphatic heterocycles. The summed E-state index contributed by atoms with van der Waals surface area (Å²) in [5.74, 6) is -1.12. The second-order valence-corrected chi connectivity index (χ2v) is 7.73. The van der Waals surface area contributed by atoms with E-state index in [1.54, 1.807) is 6.07 Å². The first-order valence-electron chi connectivity index (χ1n) is 9.67. The number of piperidine rings is 1. The van der Waals surface area contributed by atoms with Crippen molar-refractivity contribution >= 4 is 29.1 Å². The lowest BCUT2D eigenvalue weighted by Gasteiger charge is -2.39. The number of halogens is 1. The second-order valence-electron chi connectivity index (χ2n) is 7.29. The van der Waals surface area contributed by atoms with Gasteiger partial charge in [-0.3, -0.25) is 9.59 Å². The molecule has 1 aromatic carbocycles. The molecule has 0 bridgehead atoms. The third-order valence-electron chi connectivity index (χ3n) is 5.46. The number of hydrogen-bond acceptors (Lipinski definition) is 5. The standard InChI is InChI=1S/C20H25ClN4O3/c21-16-2-1-15(12-22)18(11-16)24-20(27)19(26)23-13-14-3-7-25(8-4-14)17-5-9-28-10-6-17/h1-2,11,14,17H,3-10,13H2,(H,23,26)(H,24,27). The van der Waals surface area contributed by atoms with Crippen LogP contribution in [0.15, 0.2) is 18.2 Å². The molecule has 0 aromatic heterocycles. The average Bonchev–Trinajstić information content (AvgIpc) is 2.73. The van der Waals surface area contributed by atoms with Crippen LogP contribution >= 0.6 is 11.6 Å². The van der Waals surface area contributed by atoms with Gasteiger partial charge in [0.05, 0.1) is 11.3 Å². The predicted octanol–water partition coefficient (Wildman–Crippen LogP) is 2.16. The van der Waals surface area contributed by atoms with Gasteiger partial charge in [-0.15, -0.1) is 0 Å². The molecule has 2 amide bonds. The van der Waals surface area contributed by atoms with E-state index in [9.17, 15) is 9.59 Å². The van der Waals surface area contributed by atoms with E-state index in [1.165, 1.54) is 12.1 Å². The van der Waals surface area contributed by atoms with Crippen LogP contribution in [-0.2, 0) is 14.3 Å². The highest BCUT2D eigenvalue weighted by molar-refractivity contribution is 6.40. The van der Waals surface area contributed by atoms with Gasteiger partial charge in [0, 0.05) is 30.8 Å². The Morgan fingerprint density at radius 2 is 1.89 bits per heavy atom. The van der Waals surface area contributed by atoms with Gasteiger partial charge in [0.25, 0.3) is 0 Å². The van der Waals surface area contributed by atoms with Crippen LogP contribution in [0.1, 0.15) is 31.2 Å². The zero-order valence-electron chi connectivity index (χ0n) is 15.7. The van der Waals surface area contributed by atoms with Crippen molar-refractivity contribution in [3.8, 4) is 6.07 Å². The van der Waals surface area contributed by atoms with Gasteiger partial charge < -0.3 is 20.3 Å². The first kappa shape index (κ1) is 20.6. The summed E-state index contributed by atoms with van der Waals surface area (Å²) < 4.78 is 5.43. The molecule has 7 nitrogen and oxygen atoms in total. The third-order valence-corrected chi connectivity index (χ3v) is 5.70. The maximum Gasteiger partial charge on any atom is 0.313 e. The van der Waals surface area contributed by atoms with Gasteiger partial charge >= 0.3 is 11.8 Å². The Hall–Kier alpha value is -2.14. The van der Waals surface area contributed by atoms with Gasteiger partial charge in [-0.05, 0) is 62.9 Å². The van der Waals surface area contributed by atoms with E-state index in [1.807, 2.05) is 6.07 Å². The number of likely N-dealkylation sites (tertiary alicyclic amines) is 1. The fourth-order valence-electron chi connectivity index (χ4n) is 3.79. The number of carbonyl (C=O) groups excluding carboxylic acids is 2. The van der Waals surface area contributed by atoms with Crippen molar-refractivity contribution in [1.29, 1.82) is 5.26 Å². The van der Waals surface area contributed by atoms with E-state index in [0.29, 0.717) is 23.5 Å². The van der Waals surface area contributed by atoms with Crippen molar-refractivity contribution in [2.24, 2.45) is 5.92 Å². The Morgan fingerprint density at radius 3 is 2.57 bits per heavy atom. The maximum atomic E-state index is 12.1. The monoisotopic (exact) mass is 404 g/mol. The van der Waals surface area contributed by atoms with Crippen LogP contribution in [0.3, 0.4) is 0 Å². The summed E-state index contributed by atoms with van der Waals surface area (Å²) in [6, 6.07) is 7.09. The van der Waals surface area contributed by atoms with Crippen molar-refractivity contribution < 1.29 is 14.3 Å². The molecule has 3 rings (SSSR count). The quantitative estimate of drug-likeness (QED) is 0.750. The Bertz CT molecular complexity index is 750. The molecule has 2 aliphatic rings. The molecular weight excluding hydrogens is 380 g/mol. The molecule has 150 valence electrons. The van der Waals surface area contributed by atoms with Gasteiger partial charge in [-0.25, -0.2) is 0 Å². The Morgan fingerprint density at radius 1 is 1.18 bits per heavy atom. The molecule has 2 fully saturated rings. The molecule has 2 heterocycles. The first-order chi connectivity index (χ1) is 13.6. The summed E-state index contributed by atoms with van der Waals surface area (Å²) in [6.07, 6.45) is 4.20. The van der Waals surface area contributed by atoms with E-state index in [4.69, 9.17) is 21.6 Å². The lowest BCUT2D eigenvalue weighted by Crippen LogP contribution is -2.46. The minimum Gasteiger partial charge on any atom is -0.381 e. The zero-order chi connectivity index (χ0) is 19.9. The van der Waals surface area contributed by atoms with Crippen molar-refractivity contribution in [2.45, 2.75) is 31.7 Å². The molecule has 1 aromatic rings. The van der Waals surface area contributed by atoms with Crippen LogP contribution in [0.25, 0.3) is 0 Å².